The smallest absolute Gasteiger partial charge is 0.230 e. The average molecular weight is 466 g/mol. The number of hydrogen-bond donors (Lipinski definition) is 2. The van der Waals surface area contributed by atoms with Crippen LogP contribution in [0.4, 0.5) is 0 Å². The summed E-state index contributed by atoms with van der Waals surface area (Å²) in [6.45, 7) is 4.45. The zero-order chi connectivity index (χ0) is 23.2. The van der Waals surface area contributed by atoms with Crippen LogP contribution in [0.25, 0.3) is 0 Å². The van der Waals surface area contributed by atoms with E-state index >= 15 is 0 Å². The van der Waals surface area contributed by atoms with E-state index in [-0.39, 0.29) is 17.4 Å². The monoisotopic (exact) mass is 465 g/mol. The van der Waals surface area contributed by atoms with Crippen LogP contribution in [-0.2, 0) is 21.4 Å². The highest BCUT2D eigenvalue weighted by Crippen LogP contribution is 2.63. The number of nitrogens with two attached hydrogens (primary N) is 1. The first-order valence-electron chi connectivity index (χ1n) is 12.3. The molecule has 3 unspecified atom stereocenters. The molecule has 0 saturated heterocycles. The van der Waals surface area contributed by atoms with Crippen LogP contribution in [0, 0.1) is 29.1 Å². The first kappa shape index (κ1) is 22.7. The van der Waals surface area contributed by atoms with Gasteiger partial charge in [0.2, 0.25) is 5.91 Å². The fourth-order valence-corrected chi connectivity index (χ4v) is 8.14. The van der Waals surface area contributed by atoms with Crippen LogP contribution in [0.5, 0.6) is 0 Å². The van der Waals surface area contributed by atoms with Gasteiger partial charge in [-0.15, -0.1) is 11.3 Å². The maximum Gasteiger partial charge on any atom is 0.230 e. The quantitative estimate of drug-likeness (QED) is 0.614. The Kier molecular flexibility index (Phi) is 5.94. The highest BCUT2D eigenvalue weighted by atomic mass is 32.1. The summed E-state index contributed by atoms with van der Waals surface area (Å²) in [5.74, 6) is 2.48. The van der Waals surface area contributed by atoms with Crippen LogP contribution in [0.15, 0.2) is 42.0 Å². The second kappa shape index (κ2) is 8.62. The maximum absolute atomic E-state index is 13.5. The number of nitrogens with one attached hydrogen (secondary N) is 1. The molecule has 4 aliphatic rings. The first-order chi connectivity index (χ1) is 15.8. The molecule has 176 valence electrons. The van der Waals surface area contributed by atoms with Crippen molar-refractivity contribution < 1.29 is 9.59 Å². The highest BCUT2D eigenvalue weighted by molar-refractivity contribution is 7.10. The Morgan fingerprint density at radius 1 is 1.18 bits per heavy atom. The molecule has 33 heavy (non-hydrogen) atoms. The fraction of sp³-hybridized carbons (Fsp3) is 0.593. The van der Waals surface area contributed by atoms with Crippen molar-refractivity contribution in [2.24, 2.45) is 34.8 Å². The molecule has 6 heteroatoms. The van der Waals surface area contributed by atoms with Gasteiger partial charge in [-0.3, -0.25) is 14.6 Å². The number of carbonyl (C=O) groups excluding carboxylic acids is 2. The van der Waals surface area contributed by atoms with E-state index in [2.05, 4.69) is 10.3 Å². The van der Waals surface area contributed by atoms with E-state index in [4.69, 9.17) is 5.73 Å². The fourth-order valence-electron chi connectivity index (χ4n) is 7.29. The van der Waals surface area contributed by atoms with Gasteiger partial charge in [0.05, 0.1) is 5.41 Å². The van der Waals surface area contributed by atoms with Gasteiger partial charge < -0.3 is 11.1 Å². The minimum Gasteiger partial charge on any atom is -0.354 e. The van der Waals surface area contributed by atoms with Gasteiger partial charge in [-0.1, -0.05) is 6.07 Å². The van der Waals surface area contributed by atoms with Crippen molar-refractivity contribution in [1.29, 1.82) is 0 Å². The number of rotatable bonds is 8. The van der Waals surface area contributed by atoms with Crippen LogP contribution >= 0.6 is 11.3 Å². The lowest BCUT2D eigenvalue weighted by Gasteiger charge is -2.60. The van der Waals surface area contributed by atoms with Crippen LogP contribution in [-0.4, -0.2) is 29.3 Å². The summed E-state index contributed by atoms with van der Waals surface area (Å²) in [5, 5.41) is 5.17. The van der Waals surface area contributed by atoms with E-state index in [0.29, 0.717) is 42.4 Å². The summed E-state index contributed by atoms with van der Waals surface area (Å²) >= 11 is 1.61. The number of aromatic nitrogens is 1. The van der Waals surface area contributed by atoms with Gasteiger partial charge in [-0.05, 0) is 98.8 Å². The molecule has 4 bridgehead atoms. The molecule has 4 aliphatic carbocycles. The Labute approximate surface area is 200 Å². The Morgan fingerprint density at radius 3 is 2.52 bits per heavy atom. The van der Waals surface area contributed by atoms with Gasteiger partial charge in [-0.25, -0.2) is 0 Å². The normalized spacial score (nSPS) is 31.4. The Balaban J connectivity index is 1.24. The van der Waals surface area contributed by atoms with Gasteiger partial charge in [0, 0.05) is 41.7 Å². The lowest BCUT2D eigenvalue weighted by Crippen LogP contribution is -2.60. The third-order valence-electron chi connectivity index (χ3n) is 8.75. The lowest BCUT2D eigenvalue weighted by atomic mass is 9.44. The number of amides is 1. The molecular formula is C27H35N3O2S. The van der Waals surface area contributed by atoms with Crippen molar-refractivity contribution >= 4 is 23.0 Å². The molecule has 2 aromatic rings. The maximum atomic E-state index is 13.5. The topological polar surface area (TPSA) is 85.1 Å². The molecule has 2 aromatic heterocycles. The number of Topliss-reactive ketones (excluding diaryl/α,β-unsaturated/α-hetero) is 1. The molecule has 0 aliphatic heterocycles. The Morgan fingerprint density at radius 2 is 1.88 bits per heavy atom. The number of carbonyl (C=O) groups is 2. The van der Waals surface area contributed by atoms with E-state index in [1.807, 2.05) is 43.5 Å². The molecule has 0 spiro atoms. The van der Waals surface area contributed by atoms with Gasteiger partial charge >= 0.3 is 0 Å². The molecule has 6 rings (SSSR count). The molecule has 1 amide bonds. The van der Waals surface area contributed by atoms with Crippen LogP contribution in [0.2, 0.25) is 0 Å². The summed E-state index contributed by atoms with van der Waals surface area (Å²) in [6, 6.07) is 7.86. The van der Waals surface area contributed by atoms with E-state index in [1.54, 1.807) is 23.7 Å². The number of ketones is 1. The highest BCUT2D eigenvalue weighted by Gasteiger charge is 2.58. The molecule has 4 fully saturated rings. The second-order valence-electron chi connectivity index (χ2n) is 11.3. The average Bonchev–Trinajstić information content (AvgIpc) is 3.33. The number of thiophene rings is 1. The van der Waals surface area contributed by atoms with E-state index in [0.717, 1.165) is 29.7 Å². The molecule has 5 nitrogen and oxygen atoms in total. The third-order valence-corrected chi connectivity index (χ3v) is 9.94. The van der Waals surface area contributed by atoms with Crippen molar-refractivity contribution in [3.8, 4) is 0 Å². The van der Waals surface area contributed by atoms with E-state index in [9.17, 15) is 9.59 Å². The van der Waals surface area contributed by atoms with Crippen LogP contribution < -0.4 is 11.1 Å². The SMILES string of the molecule is CC(C)(C(=O)NCC(N)C1C2CC3CC1CC(C(=O)Cc1ccncc1)(C3)C2)c1cccs1. The predicted octanol–water partition coefficient (Wildman–Crippen LogP) is 4.12. The molecule has 0 aromatic carbocycles. The summed E-state index contributed by atoms with van der Waals surface area (Å²) in [5.41, 5.74) is 7.09. The van der Waals surface area contributed by atoms with Gasteiger partial charge in [0.25, 0.3) is 0 Å². The molecule has 0 radical (unpaired) electrons. The van der Waals surface area contributed by atoms with Gasteiger partial charge in [0.1, 0.15) is 5.78 Å². The minimum atomic E-state index is -0.554. The largest absolute Gasteiger partial charge is 0.354 e. The molecular weight excluding hydrogens is 430 g/mol. The summed E-state index contributed by atoms with van der Waals surface area (Å²) in [7, 11) is 0. The number of hydrogen-bond acceptors (Lipinski definition) is 5. The third kappa shape index (κ3) is 4.17. The number of nitrogens with zero attached hydrogens (tertiary/aromatic N) is 1. The van der Waals surface area contributed by atoms with Crippen molar-refractivity contribution in [3.63, 3.8) is 0 Å². The van der Waals surface area contributed by atoms with Crippen molar-refractivity contribution in [2.75, 3.05) is 6.54 Å². The van der Waals surface area contributed by atoms with E-state index in [1.165, 1.54) is 12.8 Å². The van der Waals surface area contributed by atoms with Crippen molar-refractivity contribution in [3.05, 3.63) is 52.5 Å². The summed E-state index contributed by atoms with van der Waals surface area (Å²) in [4.78, 5) is 31.6. The van der Waals surface area contributed by atoms with Crippen LogP contribution in [0.1, 0.15) is 56.4 Å². The predicted molar refractivity (Wildman–Crippen MR) is 131 cm³/mol. The summed E-state index contributed by atoms with van der Waals surface area (Å²) in [6.07, 6.45) is 9.42. The first-order valence-corrected chi connectivity index (χ1v) is 13.2. The standard InChI is InChI=1S/C27H35N3O2S/c1-26(2,23-4-3-9-33-23)25(32)30-16-21(28)24-19-10-18-11-20(24)15-27(13-18,14-19)22(31)12-17-5-7-29-8-6-17/h3-9,18-21,24H,10-16,28H2,1-2H3,(H,30,32). The van der Waals surface area contributed by atoms with Gasteiger partial charge in [-0.2, -0.15) is 0 Å². The second-order valence-corrected chi connectivity index (χ2v) is 12.2. The zero-order valence-corrected chi connectivity index (χ0v) is 20.4. The Hall–Kier alpha value is -2.05. The molecule has 3 atom stereocenters. The lowest BCUT2D eigenvalue weighted by molar-refractivity contribution is -0.151. The van der Waals surface area contributed by atoms with Crippen molar-refractivity contribution in [1.82, 2.24) is 10.3 Å². The van der Waals surface area contributed by atoms with E-state index < -0.39 is 5.41 Å². The molecule has 2 heterocycles. The number of pyridine rings is 1. The Bertz CT molecular complexity index is 988. The van der Waals surface area contributed by atoms with Crippen molar-refractivity contribution in [2.45, 2.75) is 63.8 Å². The zero-order valence-electron chi connectivity index (χ0n) is 19.6. The minimum absolute atomic E-state index is 0.0354. The van der Waals surface area contributed by atoms with Crippen LogP contribution in [0.3, 0.4) is 0 Å². The molecule has 4 saturated carbocycles. The van der Waals surface area contributed by atoms with Gasteiger partial charge in [0.15, 0.2) is 0 Å². The summed E-state index contributed by atoms with van der Waals surface area (Å²) < 4.78 is 0. The molecule has 3 N–H and O–H groups in total.